The molecule has 1 aromatic carbocycles. The molecular formula is C19H25F3N2O3S2. The fourth-order valence-electron chi connectivity index (χ4n) is 4.00. The van der Waals surface area contributed by atoms with E-state index in [1.807, 2.05) is 0 Å². The number of hydrogen-bond acceptors (Lipinski definition) is 5. The minimum Gasteiger partial charge on any atom is -0.341 e. The lowest BCUT2D eigenvalue weighted by atomic mass is 9.76. The first-order valence-electron chi connectivity index (χ1n) is 9.51. The number of piperidine rings is 1. The van der Waals surface area contributed by atoms with Gasteiger partial charge in [0.05, 0.1) is 16.0 Å². The van der Waals surface area contributed by atoms with Crippen LogP contribution in [0.1, 0.15) is 44.6 Å². The van der Waals surface area contributed by atoms with Gasteiger partial charge in [0.15, 0.2) is 9.84 Å². The van der Waals surface area contributed by atoms with Crippen LogP contribution in [0.25, 0.3) is 0 Å². The lowest BCUT2D eigenvalue weighted by Gasteiger charge is -2.44. The molecule has 2 aliphatic rings. The summed E-state index contributed by atoms with van der Waals surface area (Å²) in [6.45, 7) is 2.14. The molecule has 1 aliphatic heterocycles. The van der Waals surface area contributed by atoms with E-state index in [-0.39, 0.29) is 5.91 Å². The molecule has 10 heteroatoms. The second-order valence-electron chi connectivity index (χ2n) is 8.16. The van der Waals surface area contributed by atoms with Crippen LogP contribution in [0.5, 0.6) is 0 Å². The van der Waals surface area contributed by atoms with Gasteiger partial charge < -0.3 is 10.6 Å². The van der Waals surface area contributed by atoms with Crippen LogP contribution in [0.4, 0.5) is 13.2 Å². The molecule has 2 N–H and O–H groups in total. The van der Waals surface area contributed by atoms with Crippen molar-refractivity contribution in [2.45, 2.75) is 59.7 Å². The molecule has 0 aromatic heterocycles. The topological polar surface area (TPSA) is 80.5 Å². The number of hydrogen-bond donors (Lipinski definition) is 2. The average Bonchev–Trinajstić information content (AvgIpc) is 2.65. The number of thiol groups is 1. The molecule has 1 amide bonds. The van der Waals surface area contributed by atoms with E-state index in [4.69, 9.17) is 5.73 Å². The molecule has 0 bridgehead atoms. The first kappa shape index (κ1) is 22.4. The Morgan fingerprint density at radius 1 is 1.24 bits per heavy atom. The third kappa shape index (κ3) is 4.03. The monoisotopic (exact) mass is 450 g/mol. The van der Waals surface area contributed by atoms with Crippen molar-refractivity contribution in [3.8, 4) is 0 Å². The zero-order chi connectivity index (χ0) is 21.7. The lowest BCUT2D eigenvalue weighted by molar-refractivity contribution is -0.141. The Balaban J connectivity index is 1.76. The SMILES string of the molecule is CC(S)(C1CCN(C(=O)C2(N)CCC2)CC1)S(=O)(=O)c1cccc(C(F)(F)F)c1. The number of alkyl halides is 3. The van der Waals surface area contributed by atoms with Gasteiger partial charge in [-0.2, -0.15) is 25.8 Å². The third-order valence-corrected chi connectivity index (χ3v) is 9.61. The Morgan fingerprint density at radius 3 is 2.31 bits per heavy atom. The molecule has 5 nitrogen and oxygen atoms in total. The van der Waals surface area contributed by atoms with E-state index in [2.05, 4.69) is 12.6 Å². The van der Waals surface area contributed by atoms with Gasteiger partial charge in [-0.25, -0.2) is 8.42 Å². The van der Waals surface area contributed by atoms with Gasteiger partial charge in [0.25, 0.3) is 0 Å². The highest BCUT2D eigenvalue weighted by Crippen LogP contribution is 2.42. The normalized spacial score (nSPS) is 22.6. The number of benzene rings is 1. The van der Waals surface area contributed by atoms with Crippen molar-refractivity contribution in [2.24, 2.45) is 11.7 Å². The van der Waals surface area contributed by atoms with Crippen molar-refractivity contribution in [3.63, 3.8) is 0 Å². The number of likely N-dealkylation sites (tertiary alicyclic amines) is 1. The Labute approximate surface area is 174 Å². The molecule has 1 atom stereocenters. The molecular weight excluding hydrogens is 425 g/mol. The van der Waals surface area contributed by atoms with Crippen LogP contribution < -0.4 is 5.73 Å². The second kappa shape index (κ2) is 7.46. The smallest absolute Gasteiger partial charge is 0.341 e. The first-order chi connectivity index (χ1) is 13.3. The molecule has 1 heterocycles. The molecule has 3 rings (SSSR count). The maximum atomic E-state index is 13.1. The number of amides is 1. The van der Waals surface area contributed by atoms with E-state index in [1.165, 1.54) is 6.92 Å². The number of halogens is 3. The summed E-state index contributed by atoms with van der Waals surface area (Å²) in [4.78, 5) is 13.8. The van der Waals surface area contributed by atoms with Gasteiger partial charge in [0, 0.05) is 13.1 Å². The van der Waals surface area contributed by atoms with Gasteiger partial charge >= 0.3 is 6.18 Å². The van der Waals surface area contributed by atoms with Crippen LogP contribution in [0.2, 0.25) is 0 Å². The van der Waals surface area contributed by atoms with E-state index < -0.39 is 42.0 Å². The zero-order valence-corrected chi connectivity index (χ0v) is 17.8. The predicted molar refractivity (Wildman–Crippen MR) is 106 cm³/mol. The highest BCUT2D eigenvalue weighted by molar-refractivity contribution is 8.06. The Bertz CT molecular complexity index is 888. The number of carbonyl (C=O) groups excluding carboxylic acids is 1. The molecule has 1 aromatic rings. The van der Waals surface area contributed by atoms with Crippen LogP contribution in [0.3, 0.4) is 0 Å². The molecule has 1 saturated carbocycles. The van der Waals surface area contributed by atoms with E-state index in [0.29, 0.717) is 44.8 Å². The molecule has 0 spiro atoms. The van der Waals surface area contributed by atoms with Crippen LogP contribution in [-0.4, -0.2) is 41.9 Å². The highest BCUT2D eigenvalue weighted by Gasteiger charge is 2.48. The maximum absolute atomic E-state index is 13.1. The first-order valence-corrected chi connectivity index (χ1v) is 11.4. The molecule has 1 unspecified atom stereocenters. The van der Waals surface area contributed by atoms with Crippen LogP contribution in [-0.2, 0) is 20.8 Å². The van der Waals surface area contributed by atoms with Crippen LogP contribution >= 0.6 is 12.6 Å². The third-order valence-electron chi connectivity index (χ3n) is 6.23. The van der Waals surface area contributed by atoms with Crippen molar-refractivity contribution >= 4 is 28.4 Å². The van der Waals surface area contributed by atoms with E-state index >= 15 is 0 Å². The van der Waals surface area contributed by atoms with Gasteiger partial charge in [-0.05, 0) is 63.1 Å². The summed E-state index contributed by atoms with van der Waals surface area (Å²) in [5, 5.41) is 0. The Kier molecular flexibility index (Phi) is 5.77. The molecule has 1 aliphatic carbocycles. The molecule has 2 fully saturated rings. The number of rotatable bonds is 4. The lowest BCUT2D eigenvalue weighted by Crippen LogP contribution is -2.61. The highest BCUT2D eigenvalue weighted by atomic mass is 32.2. The predicted octanol–water partition coefficient (Wildman–Crippen LogP) is 3.25. The van der Waals surface area contributed by atoms with Crippen molar-refractivity contribution in [1.29, 1.82) is 0 Å². The van der Waals surface area contributed by atoms with Gasteiger partial charge in [-0.1, -0.05) is 6.07 Å². The number of carbonyl (C=O) groups is 1. The van der Waals surface area contributed by atoms with Crippen molar-refractivity contribution < 1.29 is 26.4 Å². The summed E-state index contributed by atoms with van der Waals surface area (Å²) >= 11 is 4.40. The summed E-state index contributed by atoms with van der Waals surface area (Å²) in [6, 6.07) is 3.73. The standard InChI is InChI=1S/C19H25F3N2O3S2/c1-17(28,29(26,27)15-5-2-4-14(12-15)19(20,21)22)13-6-10-24(11-7-13)16(25)18(23)8-3-9-18/h2,4-5,12-13,28H,3,6-11,23H2,1H3. The molecule has 0 radical (unpaired) electrons. The number of sulfone groups is 1. The fourth-order valence-corrected chi connectivity index (χ4v) is 6.27. The van der Waals surface area contributed by atoms with Gasteiger partial charge in [-0.3, -0.25) is 4.79 Å². The van der Waals surface area contributed by atoms with Crippen molar-refractivity contribution in [2.75, 3.05) is 13.1 Å². The van der Waals surface area contributed by atoms with Crippen molar-refractivity contribution in [1.82, 2.24) is 4.90 Å². The largest absolute Gasteiger partial charge is 0.416 e. The Hall–Kier alpha value is -1.26. The van der Waals surface area contributed by atoms with Gasteiger partial charge in [0.1, 0.15) is 4.08 Å². The van der Waals surface area contributed by atoms with Gasteiger partial charge in [-0.15, -0.1) is 0 Å². The van der Waals surface area contributed by atoms with E-state index in [0.717, 1.165) is 24.6 Å². The fraction of sp³-hybridized carbons (Fsp3) is 0.632. The van der Waals surface area contributed by atoms with Crippen LogP contribution in [0.15, 0.2) is 29.2 Å². The molecule has 1 saturated heterocycles. The van der Waals surface area contributed by atoms with E-state index in [9.17, 15) is 26.4 Å². The maximum Gasteiger partial charge on any atom is 0.416 e. The molecule has 29 heavy (non-hydrogen) atoms. The summed E-state index contributed by atoms with van der Waals surface area (Å²) in [5.41, 5.74) is 4.28. The van der Waals surface area contributed by atoms with Crippen LogP contribution in [0, 0.1) is 5.92 Å². The second-order valence-corrected chi connectivity index (χ2v) is 11.7. The summed E-state index contributed by atoms with van der Waals surface area (Å²) in [7, 11) is -4.14. The minimum absolute atomic E-state index is 0.108. The summed E-state index contributed by atoms with van der Waals surface area (Å²) in [6.07, 6.45) is -1.63. The number of nitrogens with zero attached hydrogens (tertiary/aromatic N) is 1. The Morgan fingerprint density at radius 2 is 1.83 bits per heavy atom. The van der Waals surface area contributed by atoms with Gasteiger partial charge in [0.2, 0.25) is 5.91 Å². The number of nitrogens with two attached hydrogens (primary N) is 1. The van der Waals surface area contributed by atoms with E-state index in [1.54, 1.807) is 4.90 Å². The van der Waals surface area contributed by atoms with Crippen molar-refractivity contribution in [3.05, 3.63) is 29.8 Å². The summed E-state index contributed by atoms with van der Waals surface area (Å²) < 4.78 is 63.7. The zero-order valence-electron chi connectivity index (χ0n) is 16.1. The quantitative estimate of drug-likeness (QED) is 0.690. The minimum atomic E-state index is -4.63. The summed E-state index contributed by atoms with van der Waals surface area (Å²) in [5.74, 6) is -0.520. The molecule has 162 valence electrons. The average molecular weight is 451 g/mol.